The summed E-state index contributed by atoms with van der Waals surface area (Å²) in [5, 5.41) is 6.55. The molecule has 0 bridgehead atoms. The molecule has 1 aromatic carbocycles. The van der Waals surface area contributed by atoms with Gasteiger partial charge >= 0.3 is 0 Å². The first-order valence-corrected chi connectivity index (χ1v) is 10.2. The van der Waals surface area contributed by atoms with Crippen molar-refractivity contribution in [3.63, 3.8) is 0 Å². The molecule has 6 heteroatoms. The molecule has 2 rings (SSSR count). The fourth-order valence-corrected chi connectivity index (χ4v) is 4.18. The molecule has 3 atom stereocenters. The topological polar surface area (TPSA) is 62.8 Å². The minimum atomic E-state index is -0.0394. The van der Waals surface area contributed by atoms with Gasteiger partial charge in [-0.25, -0.2) is 0 Å². The number of carbonyl (C=O) groups excluding carboxylic acids is 1. The molecule has 1 aliphatic carbocycles. The number of benzene rings is 1. The molecule has 3 unspecified atom stereocenters. The number of nitrogens with one attached hydrogen (secondary N) is 2. The summed E-state index contributed by atoms with van der Waals surface area (Å²) in [5.74, 6) is 2.01. The lowest BCUT2D eigenvalue weighted by Crippen LogP contribution is -2.55. The number of amides is 1. The highest BCUT2D eigenvalue weighted by atomic mass is 16.5. The van der Waals surface area contributed by atoms with Gasteiger partial charge in [0.1, 0.15) is 11.5 Å². The van der Waals surface area contributed by atoms with Gasteiger partial charge in [-0.3, -0.25) is 4.79 Å². The molecule has 158 valence electrons. The van der Waals surface area contributed by atoms with Crippen LogP contribution in [0.4, 0.5) is 5.69 Å². The van der Waals surface area contributed by atoms with E-state index in [1.54, 1.807) is 26.4 Å². The molecule has 1 aromatic rings. The minimum absolute atomic E-state index is 0.0394. The van der Waals surface area contributed by atoms with Crippen LogP contribution in [-0.2, 0) is 4.79 Å². The zero-order valence-corrected chi connectivity index (χ0v) is 18.3. The van der Waals surface area contributed by atoms with Crippen molar-refractivity contribution in [3.05, 3.63) is 18.2 Å². The SMILES string of the molecule is COc1ccc(OC)c(NC(=O)CC(C)NCC2(N(C)C)CCCC(C)C2)c1. The second kappa shape index (κ2) is 10.1. The third kappa shape index (κ3) is 5.85. The number of likely N-dealkylation sites (N-methyl/N-ethyl adjacent to an activating group) is 1. The fourth-order valence-electron chi connectivity index (χ4n) is 4.18. The molecule has 0 aromatic heterocycles. The summed E-state index contributed by atoms with van der Waals surface area (Å²) in [7, 11) is 7.54. The predicted octanol–water partition coefficient (Wildman–Crippen LogP) is 3.52. The Hall–Kier alpha value is -1.79. The average Bonchev–Trinajstić information content (AvgIpc) is 2.66. The third-order valence-electron chi connectivity index (χ3n) is 5.97. The number of nitrogens with zero attached hydrogens (tertiary/aromatic N) is 1. The molecular formula is C22H37N3O3. The van der Waals surface area contributed by atoms with E-state index in [4.69, 9.17) is 9.47 Å². The Bertz CT molecular complexity index is 650. The first-order chi connectivity index (χ1) is 13.3. The van der Waals surface area contributed by atoms with Crippen molar-refractivity contribution < 1.29 is 14.3 Å². The van der Waals surface area contributed by atoms with Crippen LogP contribution < -0.4 is 20.1 Å². The molecular weight excluding hydrogens is 354 g/mol. The Morgan fingerprint density at radius 3 is 2.68 bits per heavy atom. The summed E-state index contributed by atoms with van der Waals surface area (Å²) < 4.78 is 10.6. The second-order valence-electron chi connectivity index (χ2n) is 8.42. The Kier molecular flexibility index (Phi) is 8.13. The second-order valence-corrected chi connectivity index (χ2v) is 8.42. The van der Waals surface area contributed by atoms with E-state index < -0.39 is 0 Å². The van der Waals surface area contributed by atoms with Crippen molar-refractivity contribution in [1.82, 2.24) is 10.2 Å². The van der Waals surface area contributed by atoms with Crippen molar-refractivity contribution in [2.75, 3.05) is 40.2 Å². The van der Waals surface area contributed by atoms with Gasteiger partial charge in [0.05, 0.1) is 19.9 Å². The Morgan fingerprint density at radius 2 is 2.07 bits per heavy atom. The molecule has 0 radical (unpaired) electrons. The van der Waals surface area contributed by atoms with E-state index in [9.17, 15) is 4.79 Å². The van der Waals surface area contributed by atoms with E-state index in [1.807, 2.05) is 6.07 Å². The first-order valence-electron chi connectivity index (χ1n) is 10.2. The average molecular weight is 392 g/mol. The van der Waals surface area contributed by atoms with Crippen LogP contribution in [0.1, 0.15) is 46.0 Å². The smallest absolute Gasteiger partial charge is 0.226 e. The van der Waals surface area contributed by atoms with Crippen molar-refractivity contribution in [3.8, 4) is 11.5 Å². The van der Waals surface area contributed by atoms with E-state index in [0.717, 1.165) is 12.5 Å². The molecule has 0 aliphatic heterocycles. The zero-order valence-electron chi connectivity index (χ0n) is 18.3. The summed E-state index contributed by atoms with van der Waals surface area (Å²) in [6, 6.07) is 5.47. The molecule has 0 saturated heterocycles. The molecule has 1 aliphatic rings. The fraction of sp³-hybridized carbons (Fsp3) is 0.682. The minimum Gasteiger partial charge on any atom is -0.497 e. The number of ether oxygens (including phenoxy) is 2. The predicted molar refractivity (Wildman–Crippen MR) is 114 cm³/mol. The van der Waals surface area contributed by atoms with Gasteiger partial charge in [0, 0.05) is 30.6 Å². The van der Waals surface area contributed by atoms with Crippen molar-refractivity contribution >= 4 is 11.6 Å². The van der Waals surface area contributed by atoms with Crippen LogP contribution in [0, 0.1) is 5.92 Å². The van der Waals surface area contributed by atoms with E-state index in [1.165, 1.54) is 25.7 Å². The van der Waals surface area contributed by atoms with Crippen molar-refractivity contribution in [2.24, 2.45) is 5.92 Å². The molecule has 0 heterocycles. The van der Waals surface area contributed by atoms with Gasteiger partial charge in [0.25, 0.3) is 0 Å². The van der Waals surface area contributed by atoms with Crippen molar-refractivity contribution in [1.29, 1.82) is 0 Å². The molecule has 1 fully saturated rings. The number of methoxy groups -OCH3 is 2. The number of rotatable bonds is 9. The van der Waals surface area contributed by atoms with Gasteiger partial charge < -0.3 is 25.0 Å². The summed E-state index contributed by atoms with van der Waals surface area (Å²) in [6.45, 7) is 5.31. The van der Waals surface area contributed by atoms with E-state index in [2.05, 4.69) is 43.5 Å². The van der Waals surface area contributed by atoms with Crippen LogP contribution in [0.2, 0.25) is 0 Å². The standard InChI is InChI=1S/C22H37N3O3/c1-16-8-7-11-22(14-16,25(3)4)15-23-17(2)12-21(26)24-19-13-18(27-5)9-10-20(19)28-6/h9-10,13,16-17,23H,7-8,11-12,14-15H2,1-6H3,(H,24,26). The highest BCUT2D eigenvalue weighted by Crippen LogP contribution is 2.35. The highest BCUT2D eigenvalue weighted by Gasteiger charge is 2.36. The normalized spacial score (nSPS) is 23.3. The summed E-state index contributed by atoms with van der Waals surface area (Å²) in [4.78, 5) is 14.9. The maximum Gasteiger partial charge on any atom is 0.226 e. The van der Waals surface area contributed by atoms with E-state index in [-0.39, 0.29) is 17.5 Å². The van der Waals surface area contributed by atoms with Crippen LogP contribution in [0.5, 0.6) is 11.5 Å². The maximum atomic E-state index is 12.5. The summed E-state index contributed by atoms with van der Waals surface area (Å²) >= 11 is 0. The molecule has 6 nitrogen and oxygen atoms in total. The van der Waals surface area contributed by atoms with Crippen molar-refractivity contribution in [2.45, 2.75) is 57.5 Å². The Balaban J connectivity index is 1.92. The highest BCUT2D eigenvalue weighted by molar-refractivity contribution is 5.92. The monoisotopic (exact) mass is 391 g/mol. The summed E-state index contributed by atoms with van der Waals surface area (Å²) in [6.07, 6.45) is 5.39. The Morgan fingerprint density at radius 1 is 1.32 bits per heavy atom. The quantitative estimate of drug-likeness (QED) is 0.674. The molecule has 1 amide bonds. The lowest BCUT2D eigenvalue weighted by Gasteiger charge is -2.46. The van der Waals surface area contributed by atoms with Crippen LogP contribution in [0.15, 0.2) is 18.2 Å². The van der Waals surface area contributed by atoms with Gasteiger partial charge in [0.2, 0.25) is 5.91 Å². The number of hydrogen-bond donors (Lipinski definition) is 2. The van der Waals surface area contributed by atoms with Crippen LogP contribution in [0.3, 0.4) is 0 Å². The van der Waals surface area contributed by atoms with Gasteiger partial charge in [-0.2, -0.15) is 0 Å². The lowest BCUT2D eigenvalue weighted by molar-refractivity contribution is -0.116. The van der Waals surface area contributed by atoms with Gasteiger partial charge in [-0.1, -0.05) is 19.8 Å². The maximum absolute atomic E-state index is 12.5. The first kappa shape index (κ1) is 22.5. The van der Waals surface area contributed by atoms with Gasteiger partial charge in [-0.05, 0) is 51.9 Å². The number of anilines is 1. The number of carbonyl (C=O) groups is 1. The van der Waals surface area contributed by atoms with E-state index in [0.29, 0.717) is 23.6 Å². The number of hydrogen-bond acceptors (Lipinski definition) is 5. The Labute approximate surface area is 170 Å². The molecule has 1 saturated carbocycles. The lowest BCUT2D eigenvalue weighted by atomic mass is 9.75. The molecule has 0 spiro atoms. The largest absolute Gasteiger partial charge is 0.497 e. The van der Waals surface area contributed by atoms with Crippen LogP contribution in [0.25, 0.3) is 0 Å². The summed E-state index contributed by atoms with van der Waals surface area (Å²) in [5.41, 5.74) is 0.809. The van der Waals surface area contributed by atoms with Gasteiger partial charge in [-0.15, -0.1) is 0 Å². The third-order valence-corrected chi connectivity index (χ3v) is 5.97. The van der Waals surface area contributed by atoms with E-state index >= 15 is 0 Å². The van der Waals surface area contributed by atoms with Crippen LogP contribution in [-0.4, -0.2) is 57.2 Å². The van der Waals surface area contributed by atoms with Gasteiger partial charge in [0.15, 0.2) is 0 Å². The molecule has 28 heavy (non-hydrogen) atoms. The molecule has 2 N–H and O–H groups in total. The zero-order chi connectivity index (χ0) is 20.7. The van der Waals surface area contributed by atoms with Crippen LogP contribution >= 0.6 is 0 Å².